The molecule has 4 aliphatic carbocycles. The number of aliphatic hydroxyl groups is 1. The molecule has 1 heterocycles. The number of carbonyl (C=O) groups excluding carboxylic acids is 2. The third-order valence-corrected chi connectivity index (χ3v) is 9.56. The van der Waals surface area contributed by atoms with Crippen LogP contribution >= 0.6 is 0 Å². The van der Waals surface area contributed by atoms with Crippen LogP contribution in [0.15, 0.2) is 12.2 Å². The molecule has 4 fully saturated rings. The SMILES string of the molecule is C[C@]12C=CC(=O)C[C@@H]1CC[C@H]1[C@@H]3CC[C@@]4(CCC(=O)O4)[C@@]3(C)CC[C@@]12O. The van der Waals surface area contributed by atoms with Crippen molar-refractivity contribution in [1.29, 1.82) is 0 Å². The predicted octanol–water partition coefficient (Wildman–Crippen LogP) is 3.56. The molecule has 0 aromatic rings. The molecule has 0 bridgehead atoms. The minimum Gasteiger partial charge on any atom is -0.458 e. The summed E-state index contributed by atoms with van der Waals surface area (Å²) in [6, 6.07) is 0. The first-order chi connectivity index (χ1) is 12.2. The van der Waals surface area contributed by atoms with E-state index in [0.717, 1.165) is 44.9 Å². The van der Waals surface area contributed by atoms with E-state index in [0.29, 0.717) is 18.8 Å². The summed E-state index contributed by atoms with van der Waals surface area (Å²) in [6.07, 6.45) is 11.3. The fraction of sp³-hybridized carbons (Fsp3) is 0.818. The molecule has 1 spiro atoms. The van der Waals surface area contributed by atoms with Gasteiger partial charge in [0.25, 0.3) is 0 Å². The lowest BCUT2D eigenvalue weighted by Gasteiger charge is -2.64. The van der Waals surface area contributed by atoms with E-state index >= 15 is 0 Å². The minimum atomic E-state index is -0.745. The Balaban J connectivity index is 1.54. The zero-order valence-corrected chi connectivity index (χ0v) is 15.9. The van der Waals surface area contributed by atoms with Crippen LogP contribution in [0.25, 0.3) is 0 Å². The Morgan fingerprint density at radius 3 is 2.58 bits per heavy atom. The van der Waals surface area contributed by atoms with Crippen molar-refractivity contribution in [2.75, 3.05) is 0 Å². The van der Waals surface area contributed by atoms with Gasteiger partial charge in [0.15, 0.2) is 5.78 Å². The molecule has 4 nitrogen and oxygen atoms in total. The van der Waals surface area contributed by atoms with Gasteiger partial charge in [0, 0.05) is 23.7 Å². The number of allylic oxidation sites excluding steroid dienone is 1. The van der Waals surface area contributed by atoms with Crippen LogP contribution in [0, 0.1) is 28.6 Å². The van der Waals surface area contributed by atoms with E-state index in [9.17, 15) is 14.7 Å². The molecule has 0 radical (unpaired) electrons. The Morgan fingerprint density at radius 2 is 1.85 bits per heavy atom. The van der Waals surface area contributed by atoms with E-state index in [1.807, 2.05) is 6.08 Å². The number of ketones is 1. The van der Waals surface area contributed by atoms with Gasteiger partial charge in [0.2, 0.25) is 0 Å². The third-order valence-electron chi connectivity index (χ3n) is 9.56. The number of fused-ring (bicyclic) bond motifs is 6. The normalized spacial score (nSPS) is 55.4. The molecule has 0 amide bonds. The molecule has 3 saturated carbocycles. The lowest BCUT2D eigenvalue weighted by molar-refractivity contribution is -0.225. The van der Waals surface area contributed by atoms with Crippen molar-refractivity contribution in [1.82, 2.24) is 0 Å². The van der Waals surface area contributed by atoms with Crippen LogP contribution in [0.2, 0.25) is 0 Å². The molecule has 26 heavy (non-hydrogen) atoms. The van der Waals surface area contributed by atoms with Gasteiger partial charge in [-0.05, 0) is 68.8 Å². The van der Waals surface area contributed by atoms with Gasteiger partial charge in [-0.2, -0.15) is 0 Å². The first-order valence-corrected chi connectivity index (χ1v) is 10.4. The predicted molar refractivity (Wildman–Crippen MR) is 96.2 cm³/mol. The summed E-state index contributed by atoms with van der Waals surface area (Å²) in [5.41, 5.74) is -1.38. The number of carbonyl (C=O) groups is 2. The van der Waals surface area contributed by atoms with E-state index < -0.39 is 5.60 Å². The van der Waals surface area contributed by atoms with E-state index in [4.69, 9.17) is 4.74 Å². The van der Waals surface area contributed by atoms with Crippen LogP contribution < -0.4 is 0 Å². The molecular formula is C22H30O4. The fourth-order valence-electron chi connectivity index (χ4n) is 7.87. The van der Waals surface area contributed by atoms with E-state index in [2.05, 4.69) is 13.8 Å². The van der Waals surface area contributed by atoms with Crippen LogP contribution in [0.1, 0.15) is 71.6 Å². The number of esters is 1. The summed E-state index contributed by atoms with van der Waals surface area (Å²) in [4.78, 5) is 23.9. The van der Waals surface area contributed by atoms with E-state index in [1.54, 1.807) is 6.08 Å². The lowest BCUT2D eigenvalue weighted by atomic mass is 9.43. The van der Waals surface area contributed by atoms with Crippen molar-refractivity contribution >= 4 is 11.8 Å². The molecule has 1 N–H and O–H groups in total. The molecule has 7 atom stereocenters. The standard InChI is InChI=1S/C22H30O4/c1-19-8-5-15(23)13-14(19)3-4-17-16-6-9-21(10-7-18(24)26-21)20(16,2)11-12-22(17,19)25/h5,8,14,16-17,25H,3-4,6-7,9-13H2,1-2H3/t14-,16-,17-,19-,20-,21+,22+/m0/s1. The van der Waals surface area contributed by atoms with Gasteiger partial charge in [-0.1, -0.05) is 19.9 Å². The summed E-state index contributed by atoms with van der Waals surface area (Å²) < 4.78 is 5.96. The zero-order valence-electron chi connectivity index (χ0n) is 15.9. The summed E-state index contributed by atoms with van der Waals surface area (Å²) in [7, 11) is 0. The van der Waals surface area contributed by atoms with Crippen LogP contribution in [-0.2, 0) is 14.3 Å². The van der Waals surface area contributed by atoms with Gasteiger partial charge in [-0.25, -0.2) is 0 Å². The molecule has 0 aromatic carbocycles. The highest BCUT2D eigenvalue weighted by Crippen LogP contribution is 2.70. The average molecular weight is 358 g/mol. The van der Waals surface area contributed by atoms with Gasteiger partial charge in [0.1, 0.15) is 5.60 Å². The molecular weight excluding hydrogens is 328 g/mol. The Morgan fingerprint density at radius 1 is 1.04 bits per heavy atom. The second-order valence-corrected chi connectivity index (χ2v) is 10.1. The van der Waals surface area contributed by atoms with Crippen molar-refractivity contribution in [3.8, 4) is 0 Å². The van der Waals surface area contributed by atoms with Crippen LogP contribution in [0.5, 0.6) is 0 Å². The maximum absolute atomic E-state index is 12.0. The van der Waals surface area contributed by atoms with Crippen molar-refractivity contribution in [3.05, 3.63) is 12.2 Å². The Hall–Kier alpha value is -1.16. The molecule has 142 valence electrons. The topological polar surface area (TPSA) is 63.6 Å². The second-order valence-electron chi connectivity index (χ2n) is 10.1. The van der Waals surface area contributed by atoms with Crippen molar-refractivity contribution < 1.29 is 19.4 Å². The highest BCUT2D eigenvalue weighted by Gasteiger charge is 2.71. The highest BCUT2D eigenvalue weighted by molar-refractivity contribution is 5.91. The van der Waals surface area contributed by atoms with Crippen LogP contribution in [-0.4, -0.2) is 28.1 Å². The first-order valence-electron chi connectivity index (χ1n) is 10.4. The van der Waals surface area contributed by atoms with Gasteiger partial charge in [0.05, 0.1) is 5.60 Å². The van der Waals surface area contributed by atoms with Crippen molar-refractivity contribution in [3.63, 3.8) is 0 Å². The summed E-state index contributed by atoms with van der Waals surface area (Å²) >= 11 is 0. The molecule has 0 aromatic heterocycles. The van der Waals surface area contributed by atoms with Crippen LogP contribution in [0.4, 0.5) is 0 Å². The van der Waals surface area contributed by atoms with Gasteiger partial charge in [-0.3, -0.25) is 9.59 Å². The molecule has 0 unspecified atom stereocenters. The van der Waals surface area contributed by atoms with Crippen LogP contribution in [0.3, 0.4) is 0 Å². The zero-order chi connectivity index (χ0) is 18.4. The van der Waals surface area contributed by atoms with Gasteiger partial charge in [-0.15, -0.1) is 0 Å². The number of rotatable bonds is 0. The third kappa shape index (κ3) is 1.80. The quantitative estimate of drug-likeness (QED) is 0.673. The van der Waals surface area contributed by atoms with Crippen molar-refractivity contribution in [2.45, 2.75) is 82.8 Å². The monoisotopic (exact) mass is 358 g/mol. The average Bonchev–Trinajstić information content (AvgIpc) is 3.11. The summed E-state index contributed by atoms with van der Waals surface area (Å²) in [6.45, 7) is 4.49. The van der Waals surface area contributed by atoms with Gasteiger partial charge < -0.3 is 9.84 Å². The molecule has 5 rings (SSSR count). The molecule has 1 saturated heterocycles. The van der Waals surface area contributed by atoms with Crippen molar-refractivity contribution in [2.24, 2.45) is 28.6 Å². The lowest BCUT2D eigenvalue weighted by Crippen LogP contribution is -2.65. The number of hydrogen-bond acceptors (Lipinski definition) is 4. The minimum absolute atomic E-state index is 0.0204. The Bertz CT molecular complexity index is 713. The highest BCUT2D eigenvalue weighted by atomic mass is 16.6. The Labute approximate surface area is 155 Å². The Kier molecular flexibility index (Phi) is 3.27. The summed E-state index contributed by atoms with van der Waals surface area (Å²) in [5, 5.41) is 12.0. The number of ether oxygens (including phenoxy) is 1. The maximum Gasteiger partial charge on any atom is 0.306 e. The second kappa shape index (κ2) is 5.01. The largest absolute Gasteiger partial charge is 0.458 e. The first kappa shape index (κ1) is 17.0. The molecule has 5 aliphatic rings. The smallest absolute Gasteiger partial charge is 0.306 e. The van der Waals surface area contributed by atoms with E-state index in [1.165, 1.54) is 0 Å². The number of hydrogen-bond donors (Lipinski definition) is 1. The molecule has 1 aliphatic heterocycles. The fourth-order valence-corrected chi connectivity index (χ4v) is 7.87. The maximum atomic E-state index is 12.0. The summed E-state index contributed by atoms with van der Waals surface area (Å²) in [5.74, 6) is 1.05. The van der Waals surface area contributed by atoms with E-state index in [-0.39, 0.29) is 40.0 Å². The van der Waals surface area contributed by atoms with Gasteiger partial charge >= 0.3 is 5.97 Å². The molecule has 4 heteroatoms.